The van der Waals surface area contributed by atoms with Gasteiger partial charge in [0.2, 0.25) is 5.91 Å². The van der Waals surface area contributed by atoms with Crippen molar-refractivity contribution in [3.05, 3.63) is 22.7 Å². The highest BCUT2D eigenvalue weighted by molar-refractivity contribution is 9.10. The Kier molecular flexibility index (Phi) is 3.06. The van der Waals surface area contributed by atoms with Crippen molar-refractivity contribution >= 4 is 39.2 Å². The second-order valence-electron chi connectivity index (χ2n) is 3.88. The van der Waals surface area contributed by atoms with Crippen LogP contribution in [0.15, 0.2) is 22.7 Å². The van der Waals surface area contributed by atoms with Crippen LogP contribution < -0.4 is 10.2 Å². The van der Waals surface area contributed by atoms with Crippen LogP contribution in [0.5, 0.6) is 0 Å². The summed E-state index contributed by atoms with van der Waals surface area (Å²) in [5, 5.41) is 11.5. The van der Waals surface area contributed by atoms with Crippen LogP contribution in [0.1, 0.15) is 6.42 Å². The van der Waals surface area contributed by atoms with Crippen molar-refractivity contribution in [3.63, 3.8) is 0 Å². The number of halogens is 1. The standard InChI is InChI=1S/C11H11BrN2O3/c1-14-8-4-6(12)2-3-7(8)13-11(17)9(14)5-10(15)16/h2-4,9H,5H2,1H3,(H,13,17)(H,15,16). The molecule has 1 atom stereocenters. The number of amides is 1. The predicted molar refractivity (Wildman–Crippen MR) is 67.2 cm³/mol. The van der Waals surface area contributed by atoms with Gasteiger partial charge in [-0.1, -0.05) is 15.9 Å². The molecule has 1 aromatic rings. The van der Waals surface area contributed by atoms with Gasteiger partial charge in [-0.05, 0) is 18.2 Å². The summed E-state index contributed by atoms with van der Waals surface area (Å²) in [6, 6.07) is 4.79. The molecule has 5 nitrogen and oxygen atoms in total. The van der Waals surface area contributed by atoms with E-state index in [2.05, 4.69) is 21.2 Å². The van der Waals surface area contributed by atoms with Gasteiger partial charge in [-0.2, -0.15) is 0 Å². The Balaban J connectivity index is 2.38. The van der Waals surface area contributed by atoms with Crippen molar-refractivity contribution in [2.75, 3.05) is 17.3 Å². The number of fused-ring (bicyclic) bond motifs is 1. The third kappa shape index (κ3) is 2.26. The summed E-state index contributed by atoms with van der Waals surface area (Å²) in [5.41, 5.74) is 1.51. The highest BCUT2D eigenvalue weighted by atomic mass is 79.9. The average molecular weight is 299 g/mol. The van der Waals surface area contributed by atoms with Gasteiger partial charge in [-0.3, -0.25) is 9.59 Å². The Hall–Kier alpha value is -1.56. The molecule has 2 N–H and O–H groups in total. The van der Waals surface area contributed by atoms with E-state index >= 15 is 0 Å². The van der Waals surface area contributed by atoms with Crippen molar-refractivity contribution in [3.8, 4) is 0 Å². The normalized spacial score (nSPS) is 18.6. The zero-order valence-electron chi connectivity index (χ0n) is 9.11. The Morgan fingerprint density at radius 2 is 2.29 bits per heavy atom. The van der Waals surface area contributed by atoms with E-state index in [1.165, 1.54) is 0 Å². The van der Waals surface area contributed by atoms with Crippen LogP contribution in [0.2, 0.25) is 0 Å². The molecule has 0 spiro atoms. The number of aliphatic carboxylic acids is 1. The molecule has 0 radical (unpaired) electrons. The molecule has 0 saturated heterocycles. The van der Waals surface area contributed by atoms with Crippen molar-refractivity contribution in [2.24, 2.45) is 0 Å². The minimum Gasteiger partial charge on any atom is -0.481 e. The molecule has 0 fully saturated rings. The summed E-state index contributed by atoms with van der Waals surface area (Å²) in [4.78, 5) is 24.2. The maximum Gasteiger partial charge on any atom is 0.305 e. The molecule has 0 saturated carbocycles. The molecule has 17 heavy (non-hydrogen) atoms. The van der Waals surface area contributed by atoms with Crippen LogP contribution >= 0.6 is 15.9 Å². The number of carbonyl (C=O) groups is 2. The van der Waals surface area contributed by atoms with Crippen molar-refractivity contribution in [2.45, 2.75) is 12.5 Å². The molecule has 1 aliphatic heterocycles. The van der Waals surface area contributed by atoms with Crippen LogP contribution in [0.25, 0.3) is 0 Å². The van der Waals surface area contributed by atoms with Gasteiger partial charge in [0, 0.05) is 11.5 Å². The number of rotatable bonds is 2. The number of likely N-dealkylation sites (N-methyl/N-ethyl adjacent to an activating group) is 1. The highest BCUT2D eigenvalue weighted by Gasteiger charge is 2.32. The molecule has 2 rings (SSSR count). The van der Waals surface area contributed by atoms with Crippen LogP contribution in [0.3, 0.4) is 0 Å². The van der Waals surface area contributed by atoms with E-state index in [1.54, 1.807) is 18.0 Å². The topological polar surface area (TPSA) is 69.6 Å². The first-order valence-corrected chi connectivity index (χ1v) is 5.83. The lowest BCUT2D eigenvalue weighted by Gasteiger charge is -2.34. The van der Waals surface area contributed by atoms with Crippen molar-refractivity contribution in [1.29, 1.82) is 0 Å². The summed E-state index contributed by atoms with van der Waals surface area (Å²) in [6.45, 7) is 0. The van der Waals surface area contributed by atoms with Gasteiger partial charge in [0.15, 0.2) is 0 Å². The smallest absolute Gasteiger partial charge is 0.305 e. The molecule has 1 unspecified atom stereocenters. The van der Waals surface area contributed by atoms with E-state index in [0.717, 1.165) is 10.2 Å². The number of carboxylic acid groups (broad SMARTS) is 1. The first-order valence-electron chi connectivity index (χ1n) is 5.04. The second-order valence-corrected chi connectivity index (χ2v) is 4.79. The maximum atomic E-state index is 11.8. The van der Waals surface area contributed by atoms with Gasteiger partial charge in [-0.25, -0.2) is 0 Å². The van der Waals surface area contributed by atoms with Gasteiger partial charge in [0.1, 0.15) is 6.04 Å². The van der Waals surface area contributed by atoms with Gasteiger partial charge >= 0.3 is 5.97 Å². The lowest BCUT2D eigenvalue weighted by Crippen LogP contribution is -2.47. The SMILES string of the molecule is CN1c2cc(Br)ccc2NC(=O)C1CC(=O)O. The lowest BCUT2D eigenvalue weighted by atomic mass is 10.1. The average Bonchev–Trinajstić information content (AvgIpc) is 2.25. The minimum absolute atomic E-state index is 0.214. The first kappa shape index (κ1) is 11.9. The quantitative estimate of drug-likeness (QED) is 0.871. The highest BCUT2D eigenvalue weighted by Crippen LogP contribution is 2.34. The fourth-order valence-corrected chi connectivity index (χ4v) is 2.21. The monoisotopic (exact) mass is 298 g/mol. The molecular formula is C11H11BrN2O3. The first-order chi connectivity index (χ1) is 7.99. The third-order valence-electron chi connectivity index (χ3n) is 2.74. The fourth-order valence-electron chi connectivity index (χ4n) is 1.86. The van der Waals surface area contributed by atoms with Gasteiger partial charge in [0.25, 0.3) is 0 Å². The zero-order chi connectivity index (χ0) is 12.6. The zero-order valence-corrected chi connectivity index (χ0v) is 10.7. The van der Waals surface area contributed by atoms with E-state index in [1.807, 2.05) is 12.1 Å². The van der Waals surface area contributed by atoms with E-state index in [0.29, 0.717) is 5.69 Å². The number of nitrogens with zero attached hydrogens (tertiary/aromatic N) is 1. The number of hydrogen-bond acceptors (Lipinski definition) is 3. The number of carbonyl (C=O) groups excluding carboxylic acids is 1. The predicted octanol–water partition coefficient (Wildman–Crippen LogP) is 1.68. The molecule has 1 aromatic carbocycles. The van der Waals surface area contributed by atoms with Gasteiger partial charge in [0.05, 0.1) is 17.8 Å². The van der Waals surface area contributed by atoms with E-state index in [4.69, 9.17) is 5.11 Å². The number of nitrogens with one attached hydrogen (secondary N) is 1. The summed E-state index contributed by atoms with van der Waals surface area (Å²) in [7, 11) is 1.72. The number of carboxylic acids is 1. The number of benzene rings is 1. The summed E-state index contributed by atoms with van der Waals surface area (Å²) in [5.74, 6) is -1.28. The third-order valence-corrected chi connectivity index (χ3v) is 3.23. The Morgan fingerprint density at radius 3 is 2.94 bits per heavy atom. The molecule has 6 heteroatoms. The second kappa shape index (κ2) is 4.37. The van der Waals surface area contributed by atoms with Crippen LogP contribution in [-0.4, -0.2) is 30.1 Å². The Labute approximate surface area is 107 Å². The van der Waals surface area contributed by atoms with E-state index in [9.17, 15) is 9.59 Å². The lowest BCUT2D eigenvalue weighted by molar-refractivity contribution is -0.138. The van der Waals surface area contributed by atoms with E-state index < -0.39 is 12.0 Å². The summed E-state index contributed by atoms with van der Waals surface area (Å²) in [6.07, 6.45) is -0.214. The summed E-state index contributed by atoms with van der Waals surface area (Å²) < 4.78 is 0.883. The van der Waals surface area contributed by atoms with Gasteiger partial charge < -0.3 is 15.3 Å². The van der Waals surface area contributed by atoms with Crippen LogP contribution in [0, 0.1) is 0 Å². The molecule has 1 heterocycles. The maximum absolute atomic E-state index is 11.8. The molecule has 1 aliphatic rings. The minimum atomic E-state index is -0.990. The molecule has 0 bridgehead atoms. The fraction of sp³-hybridized carbons (Fsp3) is 0.273. The largest absolute Gasteiger partial charge is 0.481 e. The Morgan fingerprint density at radius 1 is 1.59 bits per heavy atom. The molecule has 0 aromatic heterocycles. The molecule has 0 aliphatic carbocycles. The summed E-state index contributed by atoms with van der Waals surface area (Å²) >= 11 is 3.35. The number of hydrogen-bond donors (Lipinski definition) is 2. The van der Waals surface area contributed by atoms with Crippen molar-refractivity contribution in [1.82, 2.24) is 0 Å². The Bertz CT molecular complexity index is 490. The van der Waals surface area contributed by atoms with Crippen LogP contribution in [0.4, 0.5) is 11.4 Å². The molecular weight excluding hydrogens is 288 g/mol. The molecule has 1 amide bonds. The van der Waals surface area contributed by atoms with Crippen molar-refractivity contribution < 1.29 is 14.7 Å². The van der Waals surface area contributed by atoms with Gasteiger partial charge in [-0.15, -0.1) is 0 Å². The van der Waals surface area contributed by atoms with E-state index in [-0.39, 0.29) is 12.3 Å². The van der Waals surface area contributed by atoms with Crippen LogP contribution in [-0.2, 0) is 9.59 Å². The molecule has 90 valence electrons. The number of anilines is 2.